The molecule has 0 aliphatic carbocycles. The Kier molecular flexibility index (Phi) is 2.58. The van der Waals surface area contributed by atoms with Crippen LogP contribution in [0.3, 0.4) is 0 Å². The van der Waals surface area contributed by atoms with Gasteiger partial charge < -0.3 is 10.6 Å². The summed E-state index contributed by atoms with van der Waals surface area (Å²) in [5.41, 5.74) is 6.09. The number of carbonyl (C=O) groups excluding carboxylic acids is 1. The topological polar surface area (TPSA) is 59.2 Å². The van der Waals surface area contributed by atoms with Crippen molar-refractivity contribution in [2.75, 3.05) is 12.3 Å². The highest BCUT2D eigenvalue weighted by Crippen LogP contribution is 2.19. The quantitative estimate of drug-likeness (QED) is 0.751. The van der Waals surface area contributed by atoms with Crippen LogP contribution in [0.15, 0.2) is 18.3 Å². The van der Waals surface area contributed by atoms with E-state index in [-0.39, 0.29) is 5.91 Å². The van der Waals surface area contributed by atoms with Gasteiger partial charge in [-0.25, -0.2) is 4.98 Å². The Morgan fingerprint density at radius 3 is 2.93 bits per heavy atom. The van der Waals surface area contributed by atoms with Crippen molar-refractivity contribution < 1.29 is 4.79 Å². The van der Waals surface area contributed by atoms with E-state index >= 15 is 0 Å². The van der Waals surface area contributed by atoms with Gasteiger partial charge >= 0.3 is 0 Å². The Labute approximate surface area is 89.1 Å². The number of likely N-dealkylation sites (tertiary alicyclic amines) is 1. The standard InChI is InChI=1S/C11H15N3O/c1-8-3-2-6-14(8)11(15)9-4-5-10(12)13-7-9/h4-5,7-8H,2-3,6H2,1H3,(H2,12,13)/t8-/m0/s1. The number of hydrogen-bond acceptors (Lipinski definition) is 3. The third-order valence-corrected chi connectivity index (χ3v) is 2.85. The van der Waals surface area contributed by atoms with Gasteiger partial charge in [-0.2, -0.15) is 0 Å². The average Bonchev–Trinajstić information content (AvgIpc) is 2.65. The van der Waals surface area contributed by atoms with E-state index in [1.54, 1.807) is 18.3 Å². The molecule has 15 heavy (non-hydrogen) atoms. The van der Waals surface area contributed by atoms with Crippen molar-refractivity contribution in [1.29, 1.82) is 0 Å². The Morgan fingerprint density at radius 1 is 1.60 bits per heavy atom. The summed E-state index contributed by atoms with van der Waals surface area (Å²) in [4.78, 5) is 17.8. The fourth-order valence-electron chi connectivity index (χ4n) is 1.93. The second kappa shape index (κ2) is 3.88. The summed E-state index contributed by atoms with van der Waals surface area (Å²) in [7, 11) is 0. The lowest BCUT2D eigenvalue weighted by Crippen LogP contribution is -2.33. The summed E-state index contributed by atoms with van der Waals surface area (Å²) in [6, 6.07) is 3.74. The highest BCUT2D eigenvalue weighted by atomic mass is 16.2. The van der Waals surface area contributed by atoms with Crippen LogP contribution >= 0.6 is 0 Å². The second-order valence-electron chi connectivity index (χ2n) is 3.96. The van der Waals surface area contributed by atoms with E-state index < -0.39 is 0 Å². The van der Waals surface area contributed by atoms with Crippen LogP contribution in [0.4, 0.5) is 5.82 Å². The van der Waals surface area contributed by atoms with E-state index in [9.17, 15) is 4.79 Å². The molecule has 1 fully saturated rings. The minimum Gasteiger partial charge on any atom is -0.384 e. The van der Waals surface area contributed by atoms with Crippen LogP contribution in [0, 0.1) is 0 Å². The molecule has 2 rings (SSSR count). The molecule has 2 N–H and O–H groups in total. The van der Waals surface area contributed by atoms with Crippen LogP contribution in [-0.2, 0) is 0 Å². The molecule has 1 saturated heterocycles. The Bertz CT molecular complexity index is 361. The van der Waals surface area contributed by atoms with Crippen LogP contribution in [0.25, 0.3) is 0 Å². The lowest BCUT2D eigenvalue weighted by Gasteiger charge is -2.21. The molecule has 0 bridgehead atoms. The van der Waals surface area contributed by atoms with Crippen LogP contribution in [0.5, 0.6) is 0 Å². The van der Waals surface area contributed by atoms with E-state index in [0.29, 0.717) is 17.4 Å². The summed E-state index contributed by atoms with van der Waals surface area (Å²) in [6.07, 6.45) is 3.73. The van der Waals surface area contributed by atoms with Crippen LogP contribution in [0.2, 0.25) is 0 Å². The lowest BCUT2D eigenvalue weighted by atomic mass is 10.2. The van der Waals surface area contributed by atoms with E-state index in [1.165, 1.54) is 0 Å². The minimum atomic E-state index is 0.0625. The van der Waals surface area contributed by atoms with E-state index in [1.807, 2.05) is 4.90 Å². The number of nitrogens with zero attached hydrogens (tertiary/aromatic N) is 2. The number of aromatic nitrogens is 1. The highest BCUT2D eigenvalue weighted by molar-refractivity contribution is 5.94. The van der Waals surface area contributed by atoms with Gasteiger partial charge in [0.15, 0.2) is 0 Å². The molecule has 80 valence electrons. The van der Waals surface area contributed by atoms with Crippen molar-refractivity contribution in [3.63, 3.8) is 0 Å². The maximum atomic E-state index is 12.0. The highest BCUT2D eigenvalue weighted by Gasteiger charge is 2.25. The van der Waals surface area contributed by atoms with E-state index in [4.69, 9.17) is 5.73 Å². The lowest BCUT2D eigenvalue weighted by molar-refractivity contribution is 0.0747. The van der Waals surface area contributed by atoms with Crippen molar-refractivity contribution in [3.05, 3.63) is 23.9 Å². The molecular weight excluding hydrogens is 190 g/mol. The monoisotopic (exact) mass is 205 g/mol. The van der Waals surface area contributed by atoms with Gasteiger partial charge in [0.25, 0.3) is 5.91 Å². The molecule has 1 aliphatic rings. The molecule has 4 nitrogen and oxygen atoms in total. The molecule has 2 heterocycles. The molecule has 1 aliphatic heterocycles. The van der Waals surface area contributed by atoms with Crippen molar-refractivity contribution in [1.82, 2.24) is 9.88 Å². The molecule has 0 radical (unpaired) electrons. The van der Waals surface area contributed by atoms with Gasteiger partial charge in [-0.1, -0.05) is 0 Å². The summed E-state index contributed by atoms with van der Waals surface area (Å²) < 4.78 is 0. The first kappa shape index (κ1) is 9.96. The summed E-state index contributed by atoms with van der Waals surface area (Å²) in [6.45, 7) is 2.93. The van der Waals surface area contributed by atoms with E-state index in [2.05, 4.69) is 11.9 Å². The van der Waals surface area contributed by atoms with Gasteiger partial charge in [-0.05, 0) is 31.9 Å². The molecule has 0 unspecified atom stereocenters. The number of anilines is 1. The first-order valence-corrected chi connectivity index (χ1v) is 5.21. The first-order valence-electron chi connectivity index (χ1n) is 5.21. The largest absolute Gasteiger partial charge is 0.384 e. The molecule has 1 atom stereocenters. The minimum absolute atomic E-state index is 0.0625. The summed E-state index contributed by atoms with van der Waals surface area (Å²) in [5, 5.41) is 0. The predicted molar refractivity (Wildman–Crippen MR) is 58.4 cm³/mol. The average molecular weight is 205 g/mol. The van der Waals surface area contributed by atoms with Gasteiger partial charge in [0.05, 0.1) is 5.56 Å². The third kappa shape index (κ3) is 1.93. The zero-order chi connectivity index (χ0) is 10.8. The van der Waals surface area contributed by atoms with Crippen LogP contribution < -0.4 is 5.73 Å². The molecule has 4 heteroatoms. The third-order valence-electron chi connectivity index (χ3n) is 2.85. The van der Waals surface area contributed by atoms with Crippen LogP contribution in [0.1, 0.15) is 30.1 Å². The van der Waals surface area contributed by atoms with Crippen molar-refractivity contribution in [2.24, 2.45) is 0 Å². The van der Waals surface area contributed by atoms with Gasteiger partial charge in [-0.3, -0.25) is 4.79 Å². The molecule has 1 amide bonds. The number of pyridine rings is 1. The first-order chi connectivity index (χ1) is 7.18. The smallest absolute Gasteiger partial charge is 0.255 e. The predicted octanol–water partition coefficient (Wildman–Crippen LogP) is 1.29. The number of carbonyl (C=O) groups is 1. The number of nitrogens with two attached hydrogens (primary N) is 1. The zero-order valence-corrected chi connectivity index (χ0v) is 8.81. The number of amides is 1. The van der Waals surface area contributed by atoms with Gasteiger partial charge in [0.1, 0.15) is 5.82 Å². The normalized spacial score (nSPS) is 20.6. The van der Waals surface area contributed by atoms with Gasteiger partial charge in [-0.15, -0.1) is 0 Å². The number of nitrogen functional groups attached to an aromatic ring is 1. The van der Waals surface area contributed by atoms with E-state index in [0.717, 1.165) is 19.4 Å². The maximum Gasteiger partial charge on any atom is 0.255 e. The maximum absolute atomic E-state index is 12.0. The van der Waals surface area contributed by atoms with Crippen molar-refractivity contribution in [3.8, 4) is 0 Å². The number of rotatable bonds is 1. The fraction of sp³-hybridized carbons (Fsp3) is 0.455. The Balaban J connectivity index is 2.17. The van der Waals surface area contributed by atoms with Gasteiger partial charge in [0.2, 0.25) is 0 Å². The van der Waals surface area contributed by atoms with Crippen molar-refractivity contribution in [2.45, 2.75) is 25.8 Å². The fourth-order valence-corrected chi connectivity index (χ4v) is 1.93. The molecule has 1 aromatic heterocycles. The number of hydrogen-bond donors (Lipinski definition) is 1. The Morgan fingerprint density at radius 2 is 2.40 bits per heavy atom. The second-order valence-corrected chi connectivity index (χ2v) is 3.96. The SMILES string of the molecule is C[C@H]1CCCN1C(=O)c1ccc(N)nc1. The van der Waals surface area contributed by atoms with Crippen molar-refractivity contribution >= 4 is 11.7 Å². The molecule has 0 spiro atoms. The summed E-state index contributed by atoms with van der Waals surface area (Å²) in [5.74, 6) is 0.508. The summed E-state index contributed by atoms with van der Waals surface area (Å²) >= 11 is 0. The molecule has 0 saturated carbocycles. The molecule has 1 aromatic rings. The Hall–Kier alpha value is -1.58. The zero-order valence-electron chi connectivity index (χ0n) is 8.81. The molecule has 0 aromatic carbocycles. The van der Waals surface area contributed by atoms with Gasteiger partial charge in [0, 0.05) is 18.8 Å². The molecular formula is C11H15N3O. The van der Waals surface area contributed by atoms with Crippen LogP contribution in [-0.4, -0.2) is 28.4 Å².